The highest BCUT2D eigenvalue weighted by Gasteiger charge is 2.25. The Balaban J connectivity index is 4.31. The van der Waals surface area contributed by atoms with Crippen molar-refractivity contribution in [1.82, 2.24) is 0 Å². The second kappa shape index (κ2) is 10.5. The molecule has 0 rings (SSSR count). The third kappa shape index (κ3) is 6.51. The number of nitrogens with zero attached hydrogens (tertiary/aromatic N) is 1. The molecule has 0 spiro atoms. The van der Waals surface area contributed by atoms with Gasteiger partial charge in [0.15, 0.2) is 0 Å². The quantitative estimate of drug-likeness (QED) is 0.324. The van der Waals surface area contributed by atoms with Gasteiger partial charge in [0.25, 0.3) is 0 Å². The molecule has 0 aliphatic heterocycles. The molecule has 0 saturated heterocycles. The third-order valence-corrected chi connectivity index (χ3v) is 3.31. The van der Waals surface area contributed by atoms with Crippen LogP contribution in [-0.4, -0.2) is 65.2 Å². The van der Waals surface area contributed by atoms with Crippen LogP contribution < -0.4 is 0 Å². The van der Waals surface area contributed by atoms with Crippen molar-refractivity contribution in [3.8, 4) is 0 Å². The van der Waals surface area contributed by atoms with E-state index >= 15 is 0 Å². The normalized spacial score (nSPS) is 17.3. The maximum Gasteiger partial charge on any atom is 0.110 e. The molecule has 0 aliphatic carbocycles. The minimum absolute atomic E-state index is 0.0916. The predicted octanol–water partition coefficient (Wildman–Crippen LogP) is 0.443. The number of methoxy groups -OCH3 is 1. The number of allylic oxidation sites excluding steroid dienone is 1. The lowest BCUT2D eigenvalue weighted by atomic mass is 10.1. The molecule has 6 heteroatoms. The van der Waals surface area contributed by atoms with Gasteiger partial charge in [0.1, 0.15) is 18.3 Å². The number of aliphatic imine (C=N–C) groups is 1. The van der Waals surface area contributed by atoms with Crippen molar-refractivity contribution in [1.29, 1.82) is 0 Å². The number of rotatable bonds is 9. The fourth-order valence-corrected chi connectivity index (χ4v) is 1.87. The first-order chi connectivity index (χ1) is 8.60. The highest BCUT2D eigenvalue weighted by atomic mass is 32.2. The Bertz CT molecular complexity index is 256. The lowest BCUT2D eigenvalue weighted by Gasteiger charge is -2.23. The van der Waals surface area contributed by atoms with Crippen LogP contribution in [0, 0.1) is 0 Å². The molecule has 0 aliphatic rings. The van der Waals surface area contributed by atoms with Gasteiger partial charge < -0.3 is 20.1 Å². The Morgan fingerprint density at radius 2 is 2.17 bits per heavy atom. The molecular formula is C12H23NO4S. The number of ether oxygens (including phenoxy) is 1. The summed E-state index contributed by atoms with van der Waals surface area (Å²) >= 11 is 1.51. The van der Waals surface area contributed by atoms with Gasteiger partial charge in [-0.1, -0.05) is 6.08 Å². The zero-order chi connectivity index (χ0) is 14.0. The maximum absolute atomic E-state index is 9.74. The summed E-state index contributed by atoms with van der Waals surface area (Å²) in [5.74, 6) is 0. The zero-order valence-electron chi connectivity index (χ0n) is 11.0. The Hall–Kier alpha value is -0.400. The fraction of sp³-hybridized carbons (Fsp3) is 0.750. The van der Waals surface area contributed by atoms with Crippen LogP contribution in [0.4, 0.5) is 0 Å². The van der Waals surface area contributed by atoms with Crippen LogP contribution >= 0.6 is 11.8 Å². The molecule has 0 bridgehead atoms. The van der Waals surface area contributed by atoms with Crippen LogP contribution in [0.15, 0.2) is 17.6 Å². The summed E-state index contributed by atoms with van der Waals surface area (Å²) in [7, 11) is 1.37. The highest BCUT2D eigenvalue weighted by Crippen LogP contribution is 2.09. The summed E-state index contributed by atoms with van der Waals surface area (Å²) in [6.07, 6.45) is 2.34. The van der Waals surface area contributed by atoms with E-state index in [2.05, 4.69) is 11.6 Å². The first kappa shape index (κ1) is 17.6. The average molecular weight is 277 g/mol. The molecule has 3 atom stereocenters. The molecule has 0 heterocycles. The molecule has 0 unspecified atom stereocenters. The first-order valence-electron chi connectivity index (χ1n) is 5.78. The van der Waals surface area contributed by atoms with E-state index in [1.165, 1.54) is 18.9 Å². The van der Waals surface area contributed by atoms with E-state index in [0.717, 1.165) is 17.9 Å². The maximum atomic E-state index is 9.74. The second-order valence-electron chi connectivity index (χ2n) is 3.78. The SMILES string of the molecule is C=CCC/C(=N/C[C@@H](O)[C@H](O)[C@@H](CO)OC)SC. The van der Waals surface area contributed by atoms with Gasteiger partial charge in [0, 0.05) is 7.11 Å². The molecule has 0 saturated carbocycles. The minimum Gasteiger partial charge on any atom is -0.394 e. The van der Waals surface area contributed by atoms with E-state index in [1.807, 2.05) is 12.3 Å². The topological polar surface area (TPSA) is 82.3 Å². The molecule has 5 nitrogen and oxygen atoms in total. The molecule has 106 valence electrons. The molecule has 0 aromatic heterocycles. The monoisotopic (exact) mass is 277 g/mol. The van der Waals surface area contributed by atoms with Crippen molar-refractivity contribution in [3.05, 3.63) is 12.7 Å². The molecule has 0 amide bonds. The van der Waals surface area contributed by atoms with Gasteiger partial charge in [0.2, 0.25) is 0 Å². The number of aliphatic hydroxyl groups is 3. The van der Waals surface area contributed by atoms with E-state index < -0.39 is 18.3 Å². The van der Waals surface area contributed by atoms with E-state index in [9.17, 15) is 10.2 Å². The van der Waals surface area contributed by atoms with Crippen LogP contribution in [-0.2, 0) is 4.74 Å². The Labute approximate surface area is 113 Å². The minimum atomic E-state index is -1.15. The van der Waals surface area contributed by atoms with Gasteiger partial charge in [-0.25, -0.2) is 0 Å². The van der Waals surface area contributed by atoms with E-state index in [-0.39, 0.29) is 13.2 Å². The Kier molecular flexibility index (Phi) is 10.3. The zero-order valence-corrected chi connectivity index (χ0v) is 11.8. The molecule has 18 heavy (non-hydrogen) atoms. The van der Waals surface area contributed by atoms with Gasteiger partial charge in [0.05, 0.1) is 18.2 Å². The number of thioether (sulfide) groups is 1. The largest absolute Gasteiger partial charge is 0.394 e. The first-order valence-corrected chi connectivity index (χ1v) is 7.01. The van der Waals surface area contributed by atoms with Crippen molar-refractivity contribution < 1.29 is 20.1 Å². The van der Waals surface area contributed by atoms with Crippen molar-refractivity contribution >= 4 is 16.8 Å². The average Bonchev–Trinajstić information content (AvgIpc) is 2.39. The van der Waals surface area contributed by atoms with Crippen LogP contribution in [0.3, 0.4) is 0 Å². The van der Waals surface area contributed by atoms with Crippen molar-refractivity contribution in [2.75, 3.05) is 26.5 Å². The van der Waals surface area contributed by atoms with Crippen molar-refractivity contribution in [3.63, 3.8) is 0 Å². The van der Waals surface area contributed by atoms with Gasteiger partial charge in [-0.05, 0) is 19.1 Å². The van der Waals surface area contributed by atoms with E-state index in [0.29, 0.717) is 0 Å². The summed E-state index contributed by atoms with van der Waals surface area (Å²) in [6.45, 7) is 3.39. The molecule has 0 radical (unpaired) electrons. The lowest BCUT2D eigenvalue weighted by Crippen LogP contribution is -2.42. The molecule has 3 N–H and O–H groups in total. The number of hydrogen-bond acceptors (Lipinski definition) is 6. The van der Waals surface area contributed by atoms with Gasteiger partial charge in [-0.3, -0.25) is 4.99 Å². The van der Waals surface area contributed by atoms with Crippen molar-refractivity contribution in [2.45, 2.75) is 31.2 Å². The standard InChI is InChI=1S/C12H23NO4S/c1-4-5-6-11(18-3)13-7-9(15)12(16)10(8-14)17-2/h4,9-10,12,14-16H,1,5-8H2,2-3H3/b13-11-/t9-,10-,12+/m1/s1. The molecular weight excluding hydrogens is 254 g/mol. The predicted molar refractivity (Wildman–Crippen MR) is 75.1 cm³/mol. The van der Waals surface area contributed by atoms with Crippen LogP contribution in [0.5, 0.6) is 0 Å². The summed E-state index contributed by atoms with van der Waals surface area (Å²) in [5, 5.41) is 29.3. The van der Waals surface area contributed by atoms with E-state index in [1.54, 1.807) is 0 Å². The smallest absolute Gasteiger partial charge is 0.110 e. The third-order valence-electron chi connectivity index (χ3n) is 2.51. The van der Waals surface area contributed by atoms with Crippen LogP contribution in [0.1, 0.15) is 12.8 Å². The second-order valence-corrected chi connectivity index (χ2v) is 4.66. The lowest BCUT2D eigenvalue weighted by molar-refractivity contribution is -0.0892. The summed E-state index contributed by atoms with van der Waals surface area (Å²) in [5.41, 5.74) is 0. The summed E-state index contributed by atoms with van der Waals surface area (Å²) in [6, 6.07) is 0. The summed E-state index contributed by atoms with van der Waals surface area (Å²) in [4.78, 5) is 4.24. The Morgan fingerprint density at radius 3 is 2.61 bits per heavy atom. The number of aliphatic hydroxyl groups excluding tert-OH is 3. The Morgan fingerprint density at radius 1 is 1.50 bits per heavy atom. The molecule has 0 aromatic carbocycles. The van der Waals surface area contributed by atoms with Gasteiger partial charge >= 0.3 is 0 Å². The fourth-order valence-electron chi connectivity index (χ4n) is 1.34. The highest BCUT2D eigenvalue weighted by molar-refractivity contribution is 8.13. The van der Waals surface area contributed by atoms with Crippen molar-refractivity contribution in [2.24, 2.45) is 4.99 Å². The van der Waals surface area contributed by atoms with Gasteiger partial charge in [-0.2, -0.15) is 0 Å². The van der Waals surface area contributed by atoms with Gasteiger partial charge in [-0.15, -0.1) is 18.3 Å². The summed E-state index contributed by atoms with van der Waals surface area (Å²) < 4.78 is 4.85. The molecule has 0 fully saturated rings. The number of hydrogen-bond donors (Lipinski definition) is 3. The van der Waals surface area contributed by atoms with E-state index in [4.69, 9.17) is 9.84 Å². The van der Waals surface area contributed by atoms with Crippen LogP contribution in [0.2, 0.25) is 0 Å². The van der Waals surface area contributed by atoms with Crippen LogP contribution in [0.25, 0.3) is 0 Å². The molecule has 0 aromatic rings.